The molecule has 1 rings (SSSR count). The van der Waals surface area contributed by atoms with Gasteiger partial charge >= 0.3 is 0 Å². The Bertz CT molecular complexity index is 363. The highest BCUT2D eigenvalue weighted by Gasteiger charge is 2.10. The van der Waals surface area contributed by atoms with E-state index >= 15 is 0 Å². The van der Waals surface area contributed by atoms with Crippen molar-refractivity contribution in [3.8, 4) is 0 Å². The minimum atomic E-state index is 0.538. The molecule has 1 aromatic heterocycles. The third-order valence-corrected chi connectivity index (χ3v) is 3.38. The minimum Gasteiger partial charge on any atom is -0.357 e. The first-order chi connectivity index (χ1) is 9.04. The van der Waals surface area contributed by atoms with E-state index < -0.39 is 0 Å². The van der Waals surface area contributed by atoms with Crippen molar-refractivity contribution in [1.29, 1.82) is 0 Å². The summed E-state index contributed by atoms with van der Waals surface area (Å²) >= 11 is 0. The zero-order valence-electron chi connectivity index (χ0n) is 13.1. The molecule has 0 bridgehead atoms. The lowest BCUT2D eigenvalue weighted by atomic mass is 10.2. The molecule has 1 N–H and O–H groups in total. The van der Waals surface area contributed by atoms with E-state index in [0.29, 0.717) is 12.0 Å². The quantitative estimate of drug-likeness (QED) is 0.778. The van der Waals surface area contributed by atoms with Crippen molar-refractivity contribution >= 4 is 5.82 Å². The maximum absolute atomic E-state index is 4.74. The smallest absolute Gasteiger partial charge is 0.128 e. The molecule has 0 aromatic carbocycles. The molecule has 0 aliphatic carbocycles. The Balaban J connectivity index is 2.60. The van der Waals surface area contributed by atoms with E-state index in [1.165, 1.54) is 12.8 Å². The van der Waals surface area contributed by atoms with Gasteiger partial charge in [0.05, 0.1) is 5.69 Å². The molecule has 3 nitrogen and oxygen atoms in total. The number of aromatic nitrogens is 1. The Morgan fingerprint density at radius 2 is 2.00 bits per heavy atom. The Kier molecular flexibility index (Phi) is 6.85. The highest BCUT2D eigenvalue weighted by atomic mass is 15.2. The van der Waals surface area contributed by atoms with Crippen molar-refractivity contribution in [2.45, 2.75) is 53.1 Å². The van der Waals surface area contributed by atoms with Gasteiger partial charge in [0.1, 0.15) is 5.82 Å². The van der Waals surface area contributed by atoms with Gasteiger partial charge < -0.3 is 10.2 Å². The molecule has 0 saturated heterocycles. The summed E-state index contributed by atoms with van der Waals surface area (Å²) in [5, 5.41) is 3.44. The molecule has 1 atom stereocenters. The van der Waals surface area contributed by atoms with Gasteiger partial charge in [0.2, 0.25) is 0 Å². The molecule has 1 aromatic rings. The van der Waals surface area contributed by atoms with Crippen LogP contribution in [0.25, 0.3) is 0 Å². The molecule has 0 aliphatic rings. The third-order valence-electron chi connectivity index (χ3n) is 3.38. The van der Waals surface area contributed by atoms with Gasteiger partial charge in [-0.15, -0.1) is 0 Å². The van der Waals surface area contributed by atoms with Crippen LogP contribution in [0.2, 0.25) is 0 Å². The average Bonchev–Trinajstić information content (AvgIpc) is 2.38. The first-order valence-corrected chi connectivity index (χ1v) is 7.44. The number of hydrogen-bond acceptors (Lipinski definition) is 3. The van der Waals surface area contributed by atoms with E-state index in [1.54, 1.807) is 0 Å². The van der Waals surface area contributed by atoms with Crippen molar-refractivity contribution in [3.63, 3.8) is 0 Å². The number of pyridine rings is 1. The first-order valence-electron chi connectivity index (χ1n) is 7.44. The van der Waals surface area contributed by atoms with Crippen LogP contribution in [0, 0.1) is 5.92 Å². The van der Waals surface area contributed by atoms with Crippen LogP contribution < -0.4 is 10.2 Å². The van der Waals surface area contributed by atoms with Crippen molar-refractivity contribution in [2.75, 3.05) is 18.5 Å². The van der Waals surface area contributed by atoms with Gasteiger partial charge in [-0.25, -0.2) is 4.98 Å². The Hall–Kier alpha value is -1.09. The maximum atomic E-state index is 4.74. The second kappa shape index (κ2) is 8.16. The predicted octanol–water partition coefficient (Wildman–Crippen LogP) is 3.45. The molecular formula is C16H29N3. The molecule has 0 saturated carbocycles. The summed E-state index contributed by atoms with van der Waals surface area (Å²) in [6.45, 7) is 10.8. The summed E-state index contributed by atoms with van der Waals surface area (Å²) < 4.78 is 0. The van der Waals surface area contributed by atoms with Crippen LogP contribution in [0.4, 0.5) is 5.82 Å². The lowest BCUT2D eigenvalue weighted by Crippen LogP contribution is -2.29. The number of hydrogen-bond donors (Lipinski definition) is 1. The third kappa shape index (κ3) is 5.60. The average molecular weight is 263 g/mol. The van der Waals surface area contributed by atoms with Gasteiger partial charge in [-0.3, -0.25) is 0 Å². The van der Waals surface area contributed by atoms with Crippen molar-refractivity contribution in [3.05, 3.63) is 23.9 Å². The molecular weight excluding hydrogens is 234 g/mol. The van der Waals surface area contributed by atoms with Crippen molar-refractivity contribution in [2.24, 2.45) is 5.92 Å². The predicted molar refractivity (Wildman–Crippen MR) is 83.6 cm³/mol. The van der Waals surface area contributed by atoms with E-state index in [9.17, 15) is 0 Å². The number of nitrogens with zero attached hydrogens (tertiary/aromatic N) is 2. The summed E-state index contributed by atoms with van der Waals surface area (Å²) in [5.74, 6) is 1.75. The van der Waals surface area contributed by atoms with Gasteiger partial charge in [0.25, 0.3) is 0 Å². The van der Waals surface area contributed by atoms with Gasteiger partial charge in [-0.1, -0.05) is 33.3 Å². The van der Waals surface area contributed by atoms with Crippen molar-refractivity contribution in [1.82, 2.24) is 10.3 Å². The number of anilines is 1. The first kappa shape index (κ1) is 16.0. The van der Waals surface area contributed by atoms with E-state index in [0.717, 1.165) is 24.6 Å². The fourth-order valence-corrected chi connectivity index (χ4v) is 2.09. The Labute approximate surface area is 118 Å². The van der Waals surface area contributed by atoms with Gasteiger partial charge in [-0.05, 0) is 37.9 Å². The molecule has 0 fully saturated rings. The van der Waals surface area contributed by atoms with E-state index in [-0.39, 0.29) is 0 Å². The lowest BCUT2D eigenvalue weighted by Gasteiger charge is -2.26. The summed E-state index contributed by atoms with van der Waals surface area (Å²) in [7, 11) is 2.13. The topological polar surface area (TPSA) is 28.2 Å². The fourth-order valence-electron chi connectivity index (χ4n) is 2.09. The van der Waals surface area contributed by atoms with Crippen LogP contribution in [0.15, 0.2) is 18.2 Å². The highest BCUT2D eigenvalue weighted by molar-refractivity contribution is 5.39. The molecule has 19 heavy (non-hydrogen) atoms. The molecule has 0 aliphatic heterocycles. The second-order valence-electron chi connectivity index (χ2n) is 5.76. The Morgan fingerprint density at radius 3 is 2.63 bits per heavy atom. The molecule has 0 spiro atoms. The lowest BCUT2D eigenvalue weighted by molar-refractivity contribution is 0.547. The fraction of sp³-hybridized carbons (Fsp3) is 0.688. The maximum Gasteiger partial charge on any atom is 0.128 e. The molecule has 0 radical (unpaired) electrons. The monoisotopic (exact) mass is 263 g/mol. The van der Waals surface area contributed by atoms with Crippen LogP contribution >= 0.6 is 0 Å². The van der Waals surface area contributed by atoms with Gasteiger partial charge in [0, 0.05) is 19.6 Å². The zero-order chi connectivity index (χ0) is 14.3. The van der Waals surface area contributed by atoms with Crippen LogP contribution in [-0.2, 0) is 6.54 Å². The highest BCUT2D eigenvalue weighted by Crippen LogP contribution is 2.15. The van der Waals surface area contributed by atoms with Crippen LogP contribution in [0.5, 0.6) is 0 Å². The number of rotatable bonds is 8. The number of nitrogens with one attached hydrogen (secondary N) is 1. The molecule has 1 heterocycles. The minimum absolute atomic E-state index is 0.538. The standard InChI is InChI=1S/C16H29N3/c1-6-8-14(4)19(5)16-10-7-9-15(18-16)12-17-11-13(2)3/h7,9-10,13-14,17H,6,8,11-12H2,1-5H3. The SMILES string of the molecule is CCCC(C)N(C)c1cccc(CNCC(C)C)n1. The second-order valence-corrected chi connectivity index (χ2v) is 5.76. The molecule has 108 valence electrons. The van der Waals surface area contributed by atoms with Crippen molar-refractivity contribution < 1.29 is 0 Å². The largest absolute Gasteiger partial charge is 0.357 e. The summed E-state index contributed by atoms with van der Waals surface area (Å²) in [6, 6.07) is 6.83. The van der Waals surface area contributed by atoms with Gasteiger partial charge in [-0.2, -0.15) is 0 Å². The molecule has 1 unspecified atom stereocenters. The van der Waals surface area contributed by atoms with Crippen LogP contribution in [0.3, 0.4) is 0 Å². The molecule has 3 heteroatoms. The summed E-state index contributed by atoms with van der Waals surface area (Å²) in [6.07, 6.45) is 2.41. The summed E-state index contributed by atoms with van der Waals surface area (Å²) in [4.78, 5) is 7.01. The summed E-state index contributed by atoms with van der Waals surface area (Å²) in [5.41, 5.74) is 1.12. The Morgan fingerprint density at radius 1 is 1.26 bits per heavy atom. The van der Waals surface area contributed by atoms with Gasteiger partial charge in [0.15, 0.2) is 0 Å². The molecule has 0 amide bonds. The van der Waals surface area contributed by atoms with Crippen LogP contribution in [0.1, 0.15) is 46.2 Å². The zero-order valence-corrected chi connectivity index (χ0v) is 13.1. The van der Waals surface area contributed by atoms with E-state index in [1.807, 2.05) is 0 Å². The normalized spacial score (nSPS) is 12.7. The van der Waals surface area contributed by atoms with E-state index in [2.05, 4.69) is 63.2 Å². The van der Waals surface area contributed by atoms with E-state index in [4.69, 9.17) is 4.98 Å². The van der Waals surface area contributed by atoms with Crippen LogP contribution in [-0.4, -0.2) is 24.6 Å².